The quantitative estimate of drug-likeness (QED) is 0.755. The van der Waals surface area contributed by atoms with Crippen molar-refractivity contribution in [3.63, 3.8) is 0 Å². The van der Waals surface area contributed by atoms with E-state index in [0.29, 0.717) is 21.8 Å². The van der Waals surface area contributed by atoms with Gasteiger partial charge in [0.25, 0.3) is 5.91 Å². The number of fused-ring (bicyclic) bond motifs is 1. The number of amides is 1. The number of carbonyl (C=O) groups excluding carboxylic acids is 1. The van der Waals surface area contributed by atoms with Crippen molar-refractivity contribution < 1.29 is 4.79 Å². The number of rotatable bonds is 2. The van der Waals surface area contributed by atoms with Crippen LogP contribution in [0, 0.1) is 6.92 Å². The van der Waals surface area contributed by atoms with E-state index in [2.05, 4.69) is 15.0 Å². The molecule has 0 radical (unpaired) electrons. The third kappa shape index (κ3) is 2.33. The molecule has 22 heavy (non-hydrogen) atoms. The van der Waals surface area contributed by atoms with Crippen LogP contribution in [0.1, 0.15) is 16.2 Å². The van der Waals surface area contributed by atoms with Gasteiger partial charge in [0.15, 0.2) is 5.43 Å². The highest BCUT2D eigenvalue weighted by atomic mass is 35.5. The van der Waals surface area contributed by atoms with Crippen LogP contribution in [0.25, 0.3) is 22.2 Å². The van der Waals surface area contributed by atoms with Gasteiger partial charge in [0.1, 0.15) is 5.69 Å². The summed E-state index contributed by atoms with van der Waals surface area (Å²) in [6.07, 6.45) is 2.96. The van der Waals surface area contributed by atoms with Crippen molar-refractivity contribution in [3.05, 3.63) is 57.2 Å². The van der Waals surface area contributed by atoms with Crippen LogP contribution in [0.5, 0.6) is 0 Å². The van der Waals surface area contributed by atoms with Crippen molar-refractivity contribution in [2.75, 3.05) is 0 Å². The molecule has 0 aliphatic rings. The SMILES string of the molecule is Cc1ncc(Cl)cc1-c1cc(=O)c2c(C(N)=O)nccc2[nH]1. The van der Waals surface area contributed by atoms with Gasteiger partial charge in [-0.2, -0.15) is 0 Å². The standard InChI is InChI=1S/C15H11ClN4O2/c1-7-9(4-8(16)6-19-7)11-5-12(21)13-10(20-11)2-3-18-14(13)15(17)22/h2-6H,1H3,(H2,17,22)(H,20,21). The number of aromatic amines is 1. The number of nitrogens with two attached hydrogens (primary N) is 1. The van der Waals surface area contributed by atoms with Crippen LogP contribution in [0.4, 0.5) is 0 Å². The minimum absolute atomic E-state index is 0.0498. The molecule has 0 aliphatic carbocycles. The molecular weight excluding hydrogens is 304 g/mol. The molecule has 1 amide bonds. The van der Waals surface area contributed by atoms with E-state index in [9.17, 15) is 9.59 Å². The summed E-state index contributed by atoms with van der Waals surface area (Å²) in [6, 6.07) is 4.72. The Morgan fingerprint density at radius 1 is 1.32 bits per heavy atom. The van der Waals surface area contributed by atoms with E-state index in [1.165, 1.54) is 18.5 Å². The molecule has 3 aromatic heterocycles. The molecular formula is C15H11ClN4O2. The summed E-state index contributed by atoms with van der Waals surface area (Å²) in [7, 11) is 0. The van der Waals surface area contributed by atoms with Crippen LogP contribution in [0.2, 0.25) is 5.02 Å². The lowest BCUT2D eigenvalue weighted by Gasteiger charge is -2.08. The van der Waals surface area contributed by atoms with E-state index >= 15 is 0 Å². The van der Waals surface area contributed by atoms with Crippen LogP contribution in [-0.4, -0.2) is 20.9 Å². The third-order valence-corrected chi connectivity index (χ3v) is 3.53. The zero-order valence-corrected chi connectivity index (χ0v) is 12.3. The Bertz CT molecular complexity index is 965. The van der Waals surface area contributed by atoms with E-state index in [1.807, 2.05) is 6.92 Å². The molecule has 3 heterocycles. The van der Waals surface area contributed by atoms with Crippen molar-refractivity contribution >= 4 is 28.4 Å². The molecule has 6 nitrogen and oxygen atoms in total. The van der Waals surface area contributed by atoms with Crippen molar-refractivity contribution in [1.29, 1.82) is 0 Å². The molecule has 0 saturated carbocycles. The first kappa shape index (κ1) is 14.2. The lowest BCUT2D eigenvalue weighted by atomic mass is 10.1. The Morgan fingerprint density at radius 2 is 2.09 bits per heavy atom. The molecule has 0 spiro atoms. The zero-order valence-electron chi connectivity index (χ0n) is 11.6. The summed E-state index contributed by atoms with van der Waals surface area (Å²) in [5.41, 5.74) is 7.34. The predicted molar refractivity (Wildman–Crippen MR) is 83.9 cm³/mol. The fourth-order valence-electron chi connectivity index (χ4n) is 2.31. The lowest BCUT2D eigenvalue weighted by Crippen LogP contribution is -2.17. The second-order valence-corrected chi connectivity index (χ2v) is 5.22. The monoisotopic (exact) mass is 314 g/mol. The normalized spacial score (nSPS) is 10.8. The van der Waals surface area contributed by atoms with E-state index in [-0.39, 0.29) is 16.5 Å². The molecule has 7 heteroatoms. The number of hydrogen-bond donors (Lipinski definition) is 2. The number of H-pyrrole nitrogens is 1. The minimum Gasteiger partial charge on any atom is -0.364 e. The second-order valence-electron chi connectivity index (χ2n) is 4.78. The number of halogens is 1. The van der Waals surface area contributed by atoms with Gasteiger partial charge in [-0.05, 0) is 19.1 Å². The summed E-state index contributed by atoms with van der Waals surface area (Å²) >= 11 is 5.97. The number of aryl methyl sites for hydroxylation is 1. The zero-order chi connectivity index (χ0) is 15.9. The molecule has 0 bridgehead atoms. The summed E-state index contributed by atoms with van der Waals surface area (Å²) in [6.45, 7) is 1.82. The number of nitrogens with one attached hydrogen (secondary N) is 1. The average Bonchev–Trinajstić information content (AvgIpc) is 2.48. The van der Waals surface area contributed by atoms with Gasteiger partial charge in [0.2, 0.25) is 0 Å². The first-order chi connectivity index (χ1) is 10.5. The highest BCUT2D eigenvalue weighted by Gasteiger charge is 2.14. The van der Waals surface area contributed by atoms with E-state index in [4.69, 9.17) is 17.3 Å². The second kappa shape index (κ2) is 5.23. The molecule has 0 saturated heterocycles. The maximum Gasteiger partial charge on any atom is 0.268 e. The van der Waals surface area contributed by atoms with Crippen molar-refractivity contribution in [2.24, 2.45) is 5.73 Å². The molecule has 0 unspecified atom stereocenters. The molecule has 3 rings (SSSR count). The molecule has 0 fully saturated rings. The lowest BCUT2D eigenvalue weighted by molar-refractivity contribution is 0.0997. The molecule has 0 aromatic carbocycles. The van der Waals surface area contributed by atoms with Crippen LogP contribution in [-0.2, 0) is 0 Å². The Labute approximate surface area is 130 Å². The van der Waals surface area contributed by atoms with Crippen LogP contribution >= 0.6 is 11.6 Å². The van der Waals surface area contributed by atoms with Crippen LogP contribution in [0.15, 0.2) is 35.4 Å². The maximum absolute atomic E-state index is 12.4. The summed E-state index contributed by atoms with van der Waals surface area (Å²) in [5.74, 6) is -0.746. The van der Waals surface area contributed by atoms with Gasteiger partial charge in [-0.1, -0.05) is 11.6 Å². The number of aromatic nitrogens is 3. The molecule has 0 aliphatic heterocycles. The van der Waals surface area contributed by atoms with Crippen molar-refractivity contribution in [1.82, 2.24) is 15.0 Å². The smallest absolute Gasteiger partial charge is 0.268 e. The molecule has 3 aromatic rings. The van der Waals surface area contributed by atoms with Gasteiger partial charge >= 0.3 is 0 Å². The molecule has 110 valence electrons. The molecule has 0 atom stereocenters. The average molecular weight is 315 g/mol. The predicted octanol–water partition coefficient (Wildman–Crippen LogP) is 2.05. The van der Waals surface area contributed by atoms with Gasteiger partial charge in [-0.3, -0.25) is 19.6 Å². The summed E-state index contributed by atoms with van der Waals surface area (Å²) in [4.78, 5) is 34.9. The van der Waals surface area contributed by atoms with Gasteiger partial charge in [0.05, 0.1) is 21.6 Å². The fourth-order valence-corrected chi connectivity index (χ4v) is 2.47. The Kier molecular flexibility index (Phi) is 3.38. The van der Waals surface area contributed by atoms with Crippen LogP contribution in [0.3, 0.4) is 0 Å². The van der Waals surface area contributed by atoms with Crippen molar-refractivity contribution in [2.45, 2.75) is 6.92 Å². The largest absolute Gasteiger partial charge is 0.364 e. The molecule has 3 N–H and O–H groups in total. The highest BCUT2D eigenvalue weighted by Crippen LogP contribution is 2.24. The van der Waals surface area contributed by atoms with Crippen LogP contribution < -0.4 is 11.2 Å². The minimum atomic E-state index is -0.746. The maximum atomic E-state index is 12.4. The summed E-state index contributed by atoms with van der Waals surface area (Å²) < 4.78 is 0. The number of primary amides is 1. The number of hydrogen-bond acceptors (Lipinski definition) is 4. The van der Waals surface area contributed by atoms with Gasteiger partial charge in [0, 0.05) is 29.7 Å². The Balaban J connectivity index is 2.33. The highest BCUT2D eigenvalue weighted by molar-refractivity contribution is 6.30. The topological polar surface area (TPSA) is 102 Å². The van der Waals surface area contributed by atoms with E-state index in [0.717, 1.165) is 5.69 Å². The van der Waals surface area contributed by atoms with Gasteiger partial charge in [-0.25, -0.2) is 0 Å². The van der Waals surface area contributed by atoms with Gasteiger partial charge in [-0.15, -0.1) is 0 Å². The van der Waals surface area contributed by atoms with E-state index in [1.54, 1.807) is 12.1 Å². The first-order valence-electron chi connectivity index (χ1n) is 6.41. The van der Waals surface area contributed by atoms with Crippen molar-refractivity contribution in [3.8, 4) is 11.3 Å². The fraction of sp³-hybridized carbons (Fsp3) is 0.0667. The Hall–Kier alpha value is -2.73. The Morgan fingerprint density at radius 3 is 2.82 bits per heavy atom. The van der Waals surface area contributed by atoms with Gasteiger partial charge < -0.3 is 10.7 Å². The number of carbonyl (C=O) groups is 1. The third-order valence-electron chi connectivity index (χ3n) is 3.32. The van der Waals surface area contributed by atoms with E-state index < -0.39 is 5.91 Å². The summed E-state index contributed by atoms with van der Waals surface area (Å²) in [5, 5.41) is 0.639. The number of nitrogens with zero attached hydrogens (tertiary/aromatic N) is 2. The first-order valence-corrected chi connectivity index (χ1v) is 6.79. The number of pyridine rings is 3.